The van der Waals surface area contributed by atoms with E-state index in [4.69, 9.17) is 4.74 Å². The molecule has 1 N–H and O–H groups in total. The monoisotopic (exact) mass is 310 g/mol. The van der Waals surface area contributed by atoms with Gasteiger partial charge in [-0.05, 0) is 40.9 Å². The minimum Gasteiger partial charge on any atom is -0.377 e. The molecule has 1 aromatic rings. The summed E-state index contributed by atoms with van der Waals surface area (Å²) in [6.45, 7) is 7.56. The number of anilines is 1. The van der Waals surface area contributed by atoms with E-state index in [2.05, 4.69) is 53.1 Å². The van der Waals surface area contributed by atoms with Crippen LogP contribution in [0.25, 0.3) is 0 Å². The Balaban J connectivity index is 1.78. The summed E-state index contributed by atoms with van der Waals surface area (Å²) in [5, 5.41) is 3.60. The highest BCUT2D eigenvalue weighted by Crippen LogP contribution is 2.53. The number of nitrogens with zero attached hydrogens (tertiary/aromatic N) is 1. The first-order valence-electron chi connectivity index (χ1n) is 6.50. The van der Waals surface area contributed by atoms with Gasteiger partial charge in [0.1, 0.15) is 5.82 Å². The summed E-state index contributed by atoms with van der Waals surface area (Å²) in [7, 11) is 0. The van der Waals surface area contributed by atoms with Crippen molar-refractivity contribution >= 4 is 21.7 Å². The Morgan fingerprint density at radius 1 is 1.50 bits per heavy atom. The Morgan fingerprint density at radius 2 is 2.28 bits per heavy atom. The van der Waals surface area contributed by atoms with E-state index in [9.17, 15) is 0 Å². The number of hydrogen-bond donors (Lipinski definition) is 1. The Bertz CT molecular complexity index is 475. The molecule has 18 heavy (non-hydrogen) atoms. The van der Waals surface area contributed by atoms with E-state index < -0.39 is 0 Å². The normalized spacial score (nSPS) is 32.8. The van der Waals surface area contributed by atoms with Gasteiger partial charge >= 0.3 is 0 Å². The lowest BCUT2D eigenvalue weighted by Crippen LogP contribution is -2.63. The lowest BCUT2D eigenvalue weighted by molar-refractivity contribution is -0.0924. The highest BCUT2D eigenvalue weighted by Gasteiger charge is 2.59. The van der Waals surface area contributed by atoms with Crippen LogP contribution in [0, 0.1) is 18.3 Å². The van der Waals surface area contributed by atoms with Gasteiger partial charge in [-0.2, -0.15) is 0 Å². The molecule has 3 atom stereocenters. The van der Waals surface area contributed by atoms with Crippen molar-refractivity contribution in [1.82, 2.24) is 4.98 Å². The van der Waals surface area contributed by atoms with Gasteiger partial charge in [-0.1, -0.05) is 13.8 Å². The molecule has 1 aromatic heterocycles. The summed E-state index contributed by atoms with van der Waals surface area (Å²) in [4.78, 5) is 4.44. The van der Waals surface area contributed by atoms with E-state index in [1.807, 2.05) is 6.20 Å². The highest BCUT2D eigenvalue weighted by atomic mass is 79.9. The van der Waals surface area contributed by atoms with Gasteiger partial charge in [0.25, 0.3) is 0 Å². The predicted molar refractivity (Wildman–Crippen MR) is 75.7 cm³/mol. The van der Waals surface area contributed by atoms with Gasteiger partial charge in [0.2, 0.25) is 0 Å². The Kier molecular flexibility index (Phi) is 2.90. The van der Waals surface area contributed by atoms with Gasteiger partial charge in [0.15, 0.2) is 0 Å². The third-order valence-electron chi connectivity index (χ3n) is 4.45. The lowest BCUT2D eigenvalue weighted by atomic mass is 9.57. The third-order valence-corrected chi connectivity index (χ3v) is 5.28. The maximum absolute atomic E-state index is 5.81. The van der Waals surface area contributed by atoms with Crippen molar-refractivity contribution in [3.63, 3.8) is 0 Å². The molecule has 0 aromatic carbocycles. The Morgan fingerprint density at radius 3 is 3.00 bits per heavy atom. The molecule has 3 nitrogen and oxygen atoms in total. The first kappa shape index (κ1) is 12.4. The molecule has 0 bridgehead atoms. The molecular weight excluding hydrogens is 292 g/mol. The number of aromatic nitrogens is 1. The van der Waals surface area contributed by atoms with Crippen LogP contribution in [-0.4, -0.2) is 23.7 Å². The zero-order valence-corrected chi connectivity index (χ0v) is 12.6. The highest BCUT2D eigenvalue weighted by molar-refractivity contribution is 9.10. The number of aryl methyl sites for hydroxylation is 1. The van der Waals surface area contributed by atoms with Gasteiger partial charge in [-0.25, -0.2) is 4.98 Å². The Labute approximate surface area is 116 Å². The van der Waals surface area contributed by atoms with Crippen LogP contribution in [0.2, 0.25) is 0 Å². The van der Waals surface area contributed by atoms with E-state index >= 15 is 0 Å². The van der Waals surface area contributed by atoms with E-state index in [1.54, 1.807) is 0 Å². The van der Waals surface area contributed by atoms with E-state index in [1.165, 1.54) is 12.0 Å². The van der Waals surface area contributed by atoms with Gasteiger partial charge < -0.3 is 10.1 Å². The molecule has 4 heteroatoms. The second-order valence-electron chi connectivity index (χ2n) is 6.01. The molecule has 1 aliphatic carbocycles. The van der Waals surface area contributed by atoms with Crippen LogP contribution in [0.4, 0.5) is 5.82 Å². The first-order chi connectivity index (χ1) is 8.50. The van der Waals surface area contributed by atoms with Gasteiger partial charge in [-0.15, -0.1) is 0 Å². The number of fused-ring (bicyclic) bond motifs is 1. The molecule has 98 valence electrons. The van der Waals surface area contributed by atoms with Crippen molar-refractivity contribution < 1.29 is 4.74 Å². The van der Waals surface area contributed by atoms with Crippen molar-refractivity contribution in [3.8, 4) is 0 Å². The molecule has 3 rings (SSSR count). The minimum atomic E-state index is 0.198. The third kappa shape index (κ3) is 1.77. The Hall–Kier alpha value is -0.610. The molecule has 2 heterocycles. The number of rotatable bonds is 2. The first-order valence-corrected chi connectivity index (χ1v) is 7.30. The van der Waals surface area contributed by atoms with Crippen molar-refractivity contribution in [2.24, 2.45) is 11.3 Å². The molecule has 0 amide bonds. The van der Waals surface area contributed by atoms with E-state index in [0.717, 1.165) is 16.9 Å². The number of nitrogens with one attached hydrogen (secondary N) is 1. The van der Waals surface area contributed by atoms with Crippen molar-refractivity contribution in [2.45, 2.75) is 39.3 Å². The predicted octanol–water partition coefficient (Wildman–Crippen LogP) is 3.38. The average molecular weight is 311 g/mol. The standard InChI is InChI=1S/C14H19BrN2O/c1-8-6-11(16-7-10(8)15)17-12-9-4-5-18-13(9)14(12,2)3/h6-7,9,12-13H,4-5H2,1-3H3,(H,16,17). The van der Waals surface area contributed by atoms with Crippen LogP contribution in [-0.2, 0) is 4.74 Å². The quantitative estimate of drug-likeness (QED) is 0.909. The molecule has 0 spiro atoms. The number of halogens is 1. The molecule has 3 unspecified atom stereocenters. The SMILES string of the molecule is Cc1cc(NC2C3CCOC3C2(C)C)ncc1Br. The fourth-order valence-corrected chi connectivity index (χ4v) is 3.61. The zero-order valence-electron chi connectivity index (χ0n) is 11.0. The van der Waals surface area contributed by atoms with Crippen molar-refractivity contribution in [1.29, 1.82) is 0 Å². The fourth-order valence-electron chi connectivity index (χ4n) is 3.39. The molecule has 2 fully saturated rings. The summed E-state index contributed by atoms with van der Waals surface area (Å²) in [6.07, 6.45) is 3.46. The second kappa shape index (κ2) is 4.20. The van der Waals surface area contributed by atoms with Crippen LogP contribution in [0.15, 0.2) is 16.7 Å². The van der Waals surface area contributed by atoms with Crippen LogP contribution < -0.4 is 5.32 Å². The van der Waals surface area contributed by atoms with Crippen LogP contribution in [0.1, 0.15) is 25.8 Å². The van der Waals surface area contributed by atoms with E-state index in [-0.39, 0.29) is 5.41 Å². The topological polar surface area (TPSA) is 34.1 Å². The molecule has 0 radical (unpaired) electrons. The summed E-state index contributed by atoms with van der Waals surface area (Å²) in [5.74, 6) is 1.62. The van der Waals surface area contributed by atoms with Gasteiger partial charge in [0, 0.05) is 34.7 Å². The lowest BCUT2D eigenvalue weighted by Gasteiger charge is -2.54. The maximum atomic E-state index is 5.81. The molecule has 2 aliphatic rings. The van der Waals surface area contributed by atoms with Crippen molar-refractivity contribution in [3.05, 3.63) is 22.3 Å². The zero-order chi connectivity index (χ0) is 12.9. The smallest absolute Gasteiger partial charge is 0.126 e. The summed E-state index contributed by atoms with van der Waals surface area (Å²) in [5.41, 5.74) is 1.41. The molecule has 1 saturated carbocycles. The fraction of sp³-hybridized carbons (Fsp3) is 0.643. The largest absolute Gasteiger partial charge is 0.377 e. The number of ether oxygens (including phenoxy) is 1. The van der Waals surface area contributed by atoms with Gasteiger partial charge in [0.05, 0.1) is 6.10 Å². The van der Waals surface area contributed by atoms with Crippen LogP contribution in [0.5, 0.6) is 0 Å². The van der Waals surface area contributed by atoms with E-state index in [0.29, 0.717) is 18.1 Å². The summed E-state index contributed by atoms with van der Waals surface area (Å²) < 4.78 is 6.87. The molecule has 1 aliphatic heterocycles. The molecule has 1 saturated heterocycles. The van der Waals surface area contributed by atoms with Crippen molar-refractivity contribution in [2.75, 3.05) is 11.9 Å². The average Bonchev–Trinajstić information content (AvgIpc) is 2.77. The minimum absolute atomic E-state index is 0.198. The van der Waals surface area contributed by atoms with Crippen LogP contribution in [0.3, 0.4) is 0 Å². The summed E-state index contributed by atoms with van der Waals surface area (Å²) >= 11 is 3.48. The number of pyridine rings is 1. The maximum Gasteiger partial charge on any atom is 0.126 e. The summed E-state index contributed by atoms with van der Waals surface area (Å²) in [6, 6.07) is 2.57. The van der Waals surface area contributed by atoms with Gasteiger partial charge in [-0.3, -0.25) is 0 Å². The number of hydrogen-bond acceptors (Lipinski definition) is 3. The van der Waals surface area contributed by atoms with Crippen LogP contribution >= 0.6 is 15.9 Å². The second-order valence-corrected chi connectivity index (χ2v) is 6.86. The molecular formula is C14H19BrN2O.